The van der Waals surface area contributed by atoms with Crippen molar-refractivity contribution in [3.63, 3.8) is 0 Å². The first-order chi connectivity index (χ1) is 13.3. The molecule has 5 rings (SSSR count). The zero-order chi connectivity index (χ0) is 18.2. The highest BCUT2D eigenvalue weighted by Gasteiger charge is 2.25. The van der Waals surface area contributed by atoms with E-state index in [-0.39, 0.29) is 10.9 Å². The number of hydrogen-bond acceptors (Lipinski definition) is 5. The molecule has 0 saturated carbocycles. The van der Waals surface area contributed by atoms with Crippen molar-refractivity contribution < 1.29 is 4.42 Å². The summed E-state index contributed by atoms with van der Waals surface area (Å²) in [5.74, 6) is 0. The molecule has 4 aromatic rings. The van der Waals surface area contributed by atoms with Gasteiger partial charge in [0.05, 0.1) is 17.0 Å². The highest BCUT2D eigenvalue weighted by atomic mass is 32.2. The summed E-state index contributed by atoms with van der Waals surface area (Å²) in [5, 5.41) is 3.22. The molecule has 1 aliphatic heterocycles. The average molecular weight is 390 g/mol. The molecule has 0 bridgehead atoms. The van der Waals surface area contributed by atoms with Gasteiger partial charge in [-0.1, -0.05) is 36.4 Å². The lowest BCUT2D eigenvalue weighted by Crippen LogP contribution is -2.15. The van der Waals surface area contributed by atoms with Crippen molar-refractivity contribution in [1.82, 2.24) is 0 Å². The predicted octanol–water partition coefficient (Wildman–Crippen LogP) is 6.21. The van der Waals surface area contributed by atoms with E-state index >= 15 is 0 Å². The monoisotopic (exact) mass is 389 g/mol. The largest absolute Gasteiger partial charge is 0.422 e. The number of hydrogen-bond donors (Lipinski definition) is 0. The second-order valence-electron chi connectivity index (χ2n) is 6.34. The maximum Gasteiger partial charge on any atom is 0.345 e. The van der Waals surface area contributed by atoms with Gasteiger partial charge in [-0.15, -0.1) is 23.1 Å². The van der Waals surface area contributed by atoms with E-state index in [9.17, 15) is 4.79 Å². The Balaban J connectivity index is 1.69. The number of nitrogens with zero attached hydrogens (tertiary/aromatic N) is 1. The highest BCUT2D eigenvalue weighted by Crippen LogP contribution is 2.46. The molecule has 3 heterocycles. The lowest BCUT2D eigenvalue weighted by atomic mass is 10.0. The number of thiophene rings is 1. The van der Waals surface area contributed by atoms with E-state index in [1.165, 1.54) is 4.88 Å². The van der Waals surface area contributed by atoms with E-state index in [0.717, 1.165) is 21.7 Å². The molecule has 1 unspecified atom stereocenters. The minimum atomic E-state index is -0.332. The minimum absolute atomic E-state index is 0.221. The van der Waals surface area contributed by atoms with Crippen LogP contribution in [0.3, 0.4) is 0 Å². The van der Waals surface area contributed by atoms with E-state index in [2.05, 4.69) is 23.6 Å². The Hall–Kier alpha value is -2.63. The number of aliphatic imine (C=N–C) groups is 1. The van der Waals surface area contributed by atoms with Gasteiger partial charge in [0.1, 0.15) is 5.58 Å². The zero-order valence-corrected chi connectivity index (χ0v) is 15.9. The number of benzene rings is 2. The van der Waals surface area contributed by atoms with Crippen LogP contribution in [0.15, 0.2) is 91.2 Å². The lowest BCUT2D eigenvalue weighted by Gasteiger charge is -2.13. The van der Waals surface area contributed by atoms with Gasteiger partial charge in [0.25, 0.3) is 0 Å². The van der Waals surface area contributed by atoms with Crippen LogP contribution >= 0.6 is 23.1 Å². The van der Waals surface area contributed by atoms with E-state index in [1.54, 1.807) is 23.1 Å². The van der Waals surface area contributed by atoms with Gasteiger partial charge in [0, 0.05) is 26.8 Å². The molecule has 0 saturated heterocycles. The van der Waals surface area contributed by atoms with Gasteiger partial charge in [-0.3, -0.25) is 4.99 Å². The Morgan fingerprint density at radius 2 is 1.85 bits per heavy atom. The van der Waals surface area contributed by atoms with Crippen LogP contribution in [-0.4, -0.2) is 5.71 Å². The third kappa shape index (κ3) is 3.13. The first-order valence-electron chi connectivity index (χ1n) is 8.68. The molecule has 2 aromatic heterocycles. The molecule has 0 N–H and O–H groups in total. The van der Waals surface area contributed by atoms with Crippen LogP contribution in [0.25, 0.3) is 11.0 Å². The summed E-state index contributed by atoms with van der Waals surface area (Å²) in [6.07, 6.45) is 0.683. The first kappa shape index (κ1) is 16.5. The molecule has 1 aliphatic rings. The smallest absolute Gasteiger partial charge is 0.345 e. The number of fused-ring (bicyclic) bond motifs is 2. The number of rotatable bonds is 2. The molecule has 0 radical (unpaired) electrons. The molecule has 132 valence electrons. The Morgan fingerprint density at radius 1 is 1.00 bits per heavy atom. The maximum absolute atomic E-state index is 12.7. The topological polar surface area (TPSA) is 42.6 Å². The summed E-state index contributed by atoms with van der Waals surface area (Å²) in [5.41, 5.74) is 2.51. The van der Waals surface area contributed by atoms with Gasteiger partial charge < -0.3 is 4.42 Å². The first-order valence-corrected chi connectivity index (χ1v) is 10.4. The fourth-order valence-corrected chi connectivity index (χ4v) is 5.43. The van der Waals surface area contributed by atoms with Crippen LogP contribution < -0.4 is 5.63 Å². The van der Waals surface area contributed by atoms with Crippen LogP contribution in [0.4, 0.5) is 5.69 Å². The summed E-state index contributed by atoms with van der Waals surface area (Å²) in [6.45, 7) is 0. The van der Waals surface area contributed by atoms with Gasteiger partial charge in [-0.25, -0.2) is 4.79 Å². The second-order valence-corrected chi connectivity index (χ2v) is 8.56. The van der Waals surface area contributed by atoms with Crippen LogP contribution in [0.2, 0.25) is 0 Å². The molecule has 2 aromatic carbocycles. The maximum atomic E-state index is 12.7. The third-order valence-corrected chi connectivity index (χ3v) is 7.02. The van der Waals surface area contributed by atoms with Gasteiger partial charge in [0.2, 0.25) is 0 Å². The quantitative estimate of drug-likeness (QED) is 0.383. The number of thioether (sulfide) groups is 1. The van der Waals surface area contributed by atoms with Gasteiger partial charge in [0.15, 0.2) is 0 Å². The Kier molecular flexibility index (Phi) is 4.19. The van der Waals surface area contributed by atoms with E-state index in [0.29, 0.717) is 17.6 Å². The van der Waals surface area contributed by atoms with Crippen molar-refractivity contribution >= 4 is 45.5 Å². The molecule has 0 amide bonds. The van der Waals surface area contributed by atoms with Crippen LogP contribution in [0, 0.1) is 0 Å². The van der Waals surface area contributed by atoms with Crippen molar-refractivity contribution in [1.29, 1.82) is 0 Å². The van der Waals surface area contributed by atoms with E-state index < -0.39 is 0 Å². The highest BCUT2D eigenvalue weighted by molar-refractivity contribution is 7.99. The number of para-hydroxylation sites is 2. The summed E-state index contributed by atoms with van der Waals surface area (Å²) in [4.78, 5) is 20.0. The summed E-state index contributed by atoms with van der Waals surface area (Å²) in [6, 6.07) is 21.8. The van der Waals surface area contributed by atoms with E-state index in [4.69, 9.17) is 9.41 Å². The molecule has 5 heteroatoms. The van der Waals surface area contributed by atoms with Gasteiger partial charge in [-0.05, 0) is 35.7 Å². The van der Waals surface area contributed by atoms with Gasteiger partial charge >= 0.3 is 5.63 Å². The lowest BCUT2D eigenvalue weighted by molar-refractivity contribution is 0.559. The fraction of sp³-hybridized carbons (Fsp3) is 0.0909. The Morgan fingerprint density at radius 3 is 2.74 bits per heavy atom. The SMILES string of the molecule is O=c1oc2ccccc2cc1C1=Nc2ccccc2SC(c2cccs2)C1. The van der Waals surface area contributed by atoms with Crippen molar-refractivity contribution in [2.45, 2.75) is 16.6 Å². The van der Waals surface area contributed by atoms with Crippen LogP contribution in [-0.2, 0) is 0 Å². The Labute approximate surface area is 164 Å². The average Bonchev–Trinajstić information content (AvgIpc) is 3.15. The van der Waals surface area contributed by atoms with Crippen molar-refractivity contribution in [3.05, 3.63) is 93.0 Å². The second kappa shape index (κ2) is 6.83. The molecule has 3 nitrogen and oxygen atoms in total. The van der Waals surface area contributed by atoms with E-state index in [1.807, 2.05) is 48.5 Å². The van der Waals surface area contributed by atoms with Crippen molar-refractivity contribution in [3.8, 4) is 0 Å². The molecular weight excluding hydrogens is 374 g/mol. The fourth-order valence-electron chi connectivity index (χ4n) is 3.28. The molecule has 0 fully saturated rings. The van der Waals surface area contributed by atoms with Crippen molar-refractivity contribution in [2.24, 2.45) is 4.99 Å². The zero-order valence-electron chi connectivity index (χ0n) is 14.3. The normalized spacial score (nSPS) is 16.6. The summed E-state index contributed by atoms with van der Waals surface area (Å²) >= 11 is 3.55. The summed E-state index contributed by atoms with van der Waals surface area (Å²) in [7, 11) is 0. The predicted molar refractivity (Wildman–Crippen MR) is 113 cm³/mol. The standard InChI is InChI=1S/C22H15NO2S2/c24-22-15(12-14-6-1-3-8-18(14)25-22)17-13-21(20-10-5-11-26-20)27-19-9-4-2-7-16(19)23-17/h1-12,21H,13H2. The molecule has 1 atom stereocenters. The minimum Gasteiger partial charge on any atom is -0.422 e. The molecule has 27 heavy (non-hydrogen) atoms. The van der Waals surface area contributed by atoms with Crippen LogP contribution in [0.5, 0.6) is 0 Å². The van der Waals surface area contributed by atoms with Gasteiger partial charge in [-0.2, -0.15) is 0 Å². The molecular formula is C22H15NO2S2. The summed E-state index contributed by atoms with van der Waals surface area (Å²) < 4.78 is 5.56. The van der Waals surface area contributed by atoms with Crippen LogP contribution in [0.1, 0.15) is 22.1 Å². The Bertz CT molecular complexity index is 1210. The third-order valence-electron chi connectivity index (χ3n) is 4.58. The molecule has 0 aliphatic carbocycles. The molecule has 0 spiro atoms. The van der Waals surface area contributed by atoms with Crippen molar-refractivity contribution in [2.75, 3.05) is 0 Å².